The molecule has 2 fully saturated rings. The summed E-state index contributed by atoms with van der Waals surface area (Å²) in [5.74, 6) is -2.11. The number of sulfone groups is 1. The molecule has 1 aromatic heterocycles. The third kappa shape index (κ3) is 5.40. The maximum Gasteiger partial charge on any atom is 0.325 e. The van der Waals surface area contributed by atoms with Gasteiger partial charge >= 0.3 is 11.9 Å². The molecule has 12 heteroatoms. The van der Waals surface area contributed by atoms with E-state index in [2.05, 4.69) is 15.2 Å². The fourth-order valence-electron chi connectivity index (χ4n) is 4.80. The zero-order chi connectivity index (χ0) is 24.5. The summed E-state index contributed by atoms with van der Waals surface area (Å²) in [6.45, 7) is 2.17. The molecule has 2 aromatic rings. The normalized spacial score (nSPS) is 21.9. The van der Waals surface area contributed by atoms with Crippen LogP contribution < -0.4 is 5.32 Å². The van der Waals surface area contributed by atoms with Gasteiger partial charge in [0, 0.05) is 67.0 Å². The molecule has 0 bridgehead atoms. The average Bonchev–Trinajstić information content (AvgIpc) is 3.35. The van der Waals surface area contributed by atoms with Crippen molar-refractivity contribution < 1.29 is 33.0 Å². The van der Waals surface area contributed by atoms with Crippen molar-refractivity contribution >= 4 is 44.3 Å². The first kappa shape index (κ1) is 24.2. The number of piperazine rings is 1. The number of aliphatic carboxylic acids is 2. The second-order valence-electron chi connectivity index (χ2n) is 8.82. The number of carboxylic acid groups (broad SMARTS) is 2. The van der Waals surface area contributed by atoms with Crippen LogP contribution in [0.3, 0.4) is 0 Å². The fraction of sp³-hybridized carbons (Fsp3) is 0.500. The average molecular weight is 493 g/mol. The summed E-state index contributed by atoms with van der Waals surface area (Å²) < 4.78 is 23.6. The van der Waals surface area contributed by atoms with Gasteiger partial charge in [-0.05, 0) is 24.6 Å². The largest absolute Gasteiger partial charge is 0.481 e. The Labute approximate surface area is 196 Å². The van der Waals surface area contributed by atoms with E-state index in [1.807, 2.05) is 4.90 Å². The first-order chi connectivity index (χ1) is 16.1. The molecular formula is C22H28N4O7S. The number of carbonyl (C=O) groups is 3. The van der Waals surface area contributed by atoms with Gasteiger partial charge in [-0.2, -0.15) is 0 Å². The van der Waals surface area contributed by atoms with E-state index < -0.39 is 33.7 Å². The minimum atomic E-state index is -2.98. The lowest BCUT2D eigenvalue weighted by Gasteiger charge is -2.40. The molecule has 2 atom stereocenters. The van der Waals surface area contributed by atoms with Crippen molar-refractivity contribution in [2.75, 3.05) is 43.0 Å². The highest BCUT2D eigenvalue weighted by molar-refractivity contribution is 7.91. The van der Waals surface area contributed by atoms with Crippen molar-refractivity contribution in [3.63, 3.8) is 0 Å². The van der Waals surface area contributed by atoms with Gasteiger partial charge in [0.05, 0.1) is 17.9 Å². The topological polar surface area (TPSA) is 160 Å². The summed E-state index contributed by atoms with van der Waals surface area (Å²) in [5.41, 5.74) is 1.75. The zero-order valence-electron chi connectivity index (χ0n) is 18.6. The lowest BCUT2D eigenvalue weighted by atomic mass is 10.0. The SMILES string of the molecule is O=C(O)CCC(=O)Nc1ccc2[nH]cc([C@H](C(=O)O)N3CCN([C@@H]4CCS(=O)(=O)C4)CC3)c2c1. The minimum Gasteiger partial charge on any atom is -0.481 e. The van der Waals surface area contributed by atoms with Gasteiger partial charge in [0.15, 0.2) is 9.84 Å². The number of hydrogen-bond acceptors (Lipinski definition) is 7. The molecule has 1 aromatic carbocycles. The second-order valence-corrected chi connectivity index (χ2v) is 11.0. The highest BCUT2D eigenvalue weighted by Gasteiger charge is 2.37. The molecule has 11 nitrogen and oxygen atoms in total. The molecule has 2 saturated heterocycles. The van der Waals surface area contributed by atoms with Crippen LogP contribution in [0.1, 0.15) is 30.9 Å². The van der Waals surface area contributed by atoms with Crippen molar-refractivity contribution in [2.45, 2.75) is 31.3 Å². The Bertz CT molecular complexity index is 1200. The number of aromatic amines is 1. The first-order valence-electron chi connectivity index (χ1n) is 11.2. The van der Waals surface area contributed by atoms with Crippen molar-refractivity contribution in [3.05, 3.63) is 30.0 Å². The Balaban J connectivity index is 1.49. The number of H-pyrrole nitrogens is 1. The maximum atomic E-state index is 12.3. The summed E-state index contributed by atoms with van der Waals surface area (Å²) in [6, 6.07) is 4.20. The Morgan fingerprint density at radius 2 is 1.85 bits per heavy atom. The van der Waals surface area contributed by atoms with Crippen LogP contribution in [0.5, 0.6) is 0 Å². The van der Waals surface area contributed by atoms with Crippen LogP contribution in [0.15, 0.2) is 24.4 Å². The first-order valence-corrected chi connectivity index (χ1v) is 13.0. The molecule has 4 rings (SSSR count). The van der Waals surface area contributed by atoms with E-state index in [-0.39, 0.29) is 30.4 Å². The number of nitrogens with zero attached hydrogens (tertiary/aromatic N) is 2. The predicted octanol–water partition coefficient (Wildman–Crippen LogP) is 0.902. The number of anilines is 1. The van der Waals surface area contributed by atoms with E-state index in [0.717, 1.165) is 5.52 Å². The molecule has 0 saturated carbocycles. The van der Waals surface area contributed by atoms with E-state index in [1.165, 1.54) is 0 Å². The molecule has 1 amide bonds. The number of rotatable bonds is 8. The smallest absolute Gasteiger partial charge is 0.325 e. The van der Waals surface area contributed by atoms with Crippen LogP contribution in [0.4, 0.5) is 5.69 Å². The van der Waals surface area contributed by atoms with E-state index >= 15 is 0 Å². The molecule has 0 unspecified atom stereocenters. The van der Waals surface area contributed by atoms with Gasteiger partial charge in [0.2, 0.25) is 5.91 Å². The van der Waals surface area contributed by atoms with Crippen LogP contribution >= 0.6 is 0 Å². The quantitative estimate of drug-likeness (QED) is 0.420. The van der Waals surface area contributed by atoms with Gasteiger partial charge in [0.1, 0.15) is 6.04 Å². The van der Waals surface area contributed by atoms with Crippen LogP contribution in [0.25, 0.3) is 10.9 Å². The number of carbonyl (C=O) groups excluding carboxylic acids is 1. The van der Waals surface area contributed by atoms with Gasteiger partial charge in [-0.3, -0.25) is 24.2 Å². The molecule has 4 N–H and O–H groups in total. The number of hydrogen-bond donors (Lipinski definition) is 4. The van der Waals surface area contributed by atoms with Crippen molar-refractivity contribution in [1.82, 2.24) is 14.8 Å². The second kappa shape index (κ2) is 9.72. The van der Waals surface area contributed by atoms with Crippen LogP contribution in [-0.4, -0.2) is 95.0 Å². The third-order valence-electron chi connectivity index (χ3n) is 6.53. The lowest BCUT2D eigenvalue weighted by Crippen LogP contribution is -2.52. The molecule has 0 spiro atoms. The van der Waals surface area contributed by atoms with E-state index in [9.17, 15) is 27.9 Å². The van der Waals surface area contributed by atoms with Crippen LogP contribution in [-0.2, 0) is 24.2 Å². The molecule has 0 aliphatic carbocycles. The van der Waals surface area contributed by atoms with Crippen molar-refractivity contribution in [1.29, 1.82) is 0 Å². The van der Waals surface area contributed by atoms with Crippen LogP contribution in [0.2, 0.25) is 0 Å². The summed E-state index contributed by atoms with van der Waals surface area (Å²) in [4.78, 5) is 42.1. The van der Waals surface area contributed by atoms with Gasteiger partial charge in [-0.25, -0.2) is 8.42 Å². The standard InChI is InChI=1S/C22H28N4O7S/c27-19(3-4-20(28)29)24-14-1-2-18-16(11-14)17(12-23-18)21(22(30)31)26-8-6-25(7-9-26)15-5-10-34(32,33)13-15/h1-2,11-12,15,21,23H,3-10,13H2,(H,24,27)(H,28,29)(H,30,31)/t15-,21-/m1/s1. The molecule has 3 heterocycles. The van der Waals surface area contributed by atoms with E-state index in [0.29, 0.717) is 49.2 Å². The third-order valence-corrected chi connectivity index (χ3v) is 8.28. The van der Waals surface area contributed by atoms with E-state index in [4.69, 9.17) is 5.11 Å². The molecular weight excluding hydrogens is 464 g/mol. The summed E-state index contributed by atoms with van der Waals surface area (Å²) in [7, 11) is -2.98. The monoisotopic (exact) mass is 492 g/mol. The number of nitrogens with one attached hydrogen (secondary N) is 2. The number of benzene rings is 1. The van der Waals surface area contributed by atoms with Gasteiger partial charge in [-0.15, -0.1) is 0 Å². The number of fused-ring (bicyclic) bond motifs is 1. The van der Waals surface area contributed by atoms with Gasteiger partial charge in [-0.1, -0.05) is 0 Å². The number of amides is 1. The summed E-state index contributed by atoms with van der Waals surface area (Å²) in [6.07, 6.45) is 1.85. The molecule has 184 valence electrons. The Morgan fingerprint density at radius 3 is 2.47 bits per heavy atom. The minimum absolute atomic E-state index is 0.00388. The number of carboxylic acids is 2. The molecule has 2 aliphatic rings. The maximum absolute atomic E-state index is 12.3. The molecule has 0 radical (unpaired) electrons. The summed E-state index contributed by atoms with van der Waals surface area (Å²) >= 11 is 0. The lowest BCUT2D eigenvalue weighted by molar-refractivity contribution is -0.144. The summed E-state index contributed by atoms with van der Waals surface area (Å²) in [5, 5.41) is 22.1. The van der Waals surface area contributed by atoms with Crippen molar-refractivity contribution in [3.8, 4) is 0 Å². The highest BCUT2D eigenvalue weighted by atomic mass is 32.2. The van der Waals surface area contributed by atoms with Gasteiger partial charge < -0.3 is 20.5 Å². The Morgan fingerprint density at radius 1 is 1.12 bits per heavy atom. The Hall–Kier alpha value is -2.96. The Kier molecular flexibility index (Phi) is 6.91. The number of aromatic nitrogens is 1. The molecule has 34 heavy (non-hydrogen) atoms. The van der Waals surface area contributed by atoms with Crippen molar-refractivity contribution in [2.24, 2.45) is 0 Å². The van der Waals surface area contributed by atoms with Gasteiger partial charge in [0.25, 0.3) is 0 Å². The fourth-order valence-corrected chi connectivity index (χ4v) is 6.56. The predicted molar refractivity (Wildman–Crippen MR) is 124 cm³/mol. The highest BCUT2D eigenvalue weighted by Crippen LogP contribution is 2.32. The zero-order valence-corrected chi connectivity index (χ0v) is 19.4. The molecule has 2 aliphatic heterocycles. The van der Waals surface area contributed by atoms with E-state index in [1.54, 1.807) is 24.4 Å². The van der Waals surface area contributed by atoms with Crippen LogP contribution in [0, 0.1) is 0 Å².